The molecule has 20 heavy (non-hydrogen) atoms. The zero-order valence-electron chi connectivity index (χ0n) is 11.4. The molecular formula is C16H18N2O2. The highest BCUT2D eigenvalue weighted by atomic mass is 16.5. The second kappa shape index (κ2) is 5.04. The van der Waals surface area contributed by atoms with Crippen LogP contribution in [0.4, 0.5) is 0 Å². The van der Waals surface area contributed by atoms with Crippen LogP contribution >= 0.6 is 0 Å². The van der Waals surface area contributed by atoms with E-state index in [-0.39, 0.29) is 6.10 Å². The minimum absolute atomic E-state index is 0.128. The van der Waals surface area contributed by atoms with Crippen LogP contribution in [-0.4, -0.2) is 16.2 Å². The summed E-state index contributed by atoms with van der Waals surface area (Å²) in [5.41, 5.74) is 3.73. The van der Waals surface area contributed by atoms with Gasteiger partial charge in [0, 0.05) is 24.7 Å². The van der Waals surface area contributed by atoms with Gasteiger partial charge in [-0.15, -0.1) is 0 Å². The standard InChI is InChI=1S/C16H18N2O2/c1-2-8-20-15(3-1)16-17-6-7-18(16)14-5-4-12-10-19-11-13(12)9-14/h4-7,9,15H,1-3,8,10-11H2. The van der Waals surface area contributed by atoms with Gasteiger partial charge in [0.2, 0.25) is 0 Å². The molecule has 1 unspecified atom stereocenters. The first-order valence-electron chi connectivity index (χ1n) is 7.26. The van der Waals surface area contributed by atoms with Gasteiger partial charge in [-0.25, -0.2) is 4.98 Å². The van der Waals surface area contributed by atoms with Gasteiger partial charge in [-0.3, -0.25) is 0 Å². The van der Waals surface area contributed by atoms with Gasteiger partial charge in [-0.1, -0.05) is 6.07 Å². The summed E-state index contributed by atoms with van der Waals surface area (Å²) in [5.74, 6) is 1.02. The van der Waals surface area contributed by atoms with Crippen LogP contribution in [0.15, 0.2) is 30.6 Å². The fraction of sp³-hybridized carbons (Fsp3) is 0.438. The molecule has 1 saturated heterocycles. The molecule has 1 aromatic heterocycles. The van der Waals surface area contributed by atoms with E-state index >= 15 is 0 Å². The number of aromatic nitrogens is 2. The van der Waals surface area contributed by atoms with Crippen molar-refractivity contribution in [3.8, 4) is 5.69 Å². The highest BCUT2D eigenvalue weighted by Crippen LogP contribution is 2.29. The summed E-state index contributed by atoms with van der Waals surface area (Å²) in [6.45, 7) is 2.29. The molecule has 1 aromatic carbocycles. The first kappa shape index (κ1) is 12.1. The van der Waals surface area contributed by atoms with Crippen molar-refractivity contribution in [3.05, 3.63) is 47.5 Å². The zero-order chi connectivity index (χ0) is 13.4. The number of hydrogen-bond acceptors (Lipinski definition) is 3. The van der Waals surface area contributed by atoms with Crippen molar-refractivity contribution in [2.24, 2.45) is 0 Å². The van der Waals surface area contributed by atoms with Crippen molar-refractivity contribution in [2.45, 2.75) is 38.6 Å². The van der Waals surface area contributed by atoms with E-state index < -0.39 is 0 Å². The van der Waals surface area contributed by atoms with E-state index in [1.807, 2.05) is 12.4 Å². The van der Waals surface area contributed by atoms with Crippen molar-refractivity contribution in [2.75, 3.05) is 6.61 Å². The molecule has 0 bridgehead atoms. The lowest BCUT2D eigenvalue weighted by atomic mass is 10.1. The molecule has 0 amide bonds. The third-order valence-electron chi connectivity index (χ3n) is 4.12. The van der Waals surface area contributed by atoms with Gasteiger partial charge in [0.15, 0.2) is 0 Å². The summed E-state index contributed by atoms with van der Waals surface area (Å²) in [6.07, 6.45) is 7.44. The van der Waals surface area contributed by atoms with Gasteiger partial charge in [0.1, 0.15) is 11.9 Å². The van der Waals surface area contributed by atoms with Gasteiger partial charge in [-0.2, -0.15) is 0 Å². The van der Waals surface area contributed by atoms with Gasteiger partial charge >= 0.3 is 0 Å². The van der Waals surface area contributed by atoms with E-state index in [1.54, 1.807) is 0 Å². The number of nitrogens with zero attached hydrogens (tertiary/aromatic N) is 2. The Labute approximate surface area is 118 Å². The normalized spacial score (nSPS) is 21.9. The van der Waals surface area contributed by atoms with Gasteiger partial charge in [0.25, 0.3) is 0 Å². The lowest BCUT2D eigenvalue weighted by molar-refractivity contribution is 0.00865. The Morgan fingerprint density at radius 1 is 1.15 bits per heavy atom. The Kier molecular flexibility index (Phi) is 3.05. The molecule has 3 heterocycles. The molecule has 0 spiro atoms. The first-order chi connectivity index (χ1) is 9.92. The summed E-state index contributed by atoms with van der Waals surface area (Å²) in [4.78, 5) is 4.52. The Morgan fingerprint density at radius 3 is 3.00 bits per heavy atom. The van der Waals surface area contributed by atoms with Crippen LogP contribution in [-0.2, 0) is 22.7 Å². The van der Waals surface area contributed by atoms with Crippen molar-refractivity contribution in [1.29, 1.82) is 0 Å². The minimum Gasteiger partial charge on any atom is -0.372 e. The Balaban J connectivity index is 1.70. The van der Waals surface area contributed by atoms with E-state index in [0.717, 1.165) is 37.6 Å². The molecule has 1 atom stereocenters. The van der Waals surface area contributed by atoms with Gasteiger partial charge < -0.3 is 14.0 Å². The quantitative estimate of drug-likeness (QED) is 0.841. The summed E-state index contributed by atoms with van der Waals surface area (Å²) < 4.78 is 13.5. The highest BCUT2D eigenvalue weighted by Gasteiger charge is 2.21. The smallest absolute Gasteiger partial charge is 0.142 e. The average Bonchev–Trinajstić information content (AvgIpc) is 3.16. The molecule has 0 radical (unpaired) electrons. The largest absolute Gasteiger partial charge is 0.372 e. The molecule has 1 fully saturated rings. The van der Waals surface area contributed by atoms with E-state index in [0.29, 0.717) is 6.61 Å². The van der Waals surface area contributed by atoms with Crippen LogP contribution in [0, 0.1) is 0 Å². The summed E-state index contributed by atoms with van der Waals surface area (Å²) in [6, 6.07) is 6.50. The Hall–Kier alpha value is -1.65. The monoisotopic (exact) mass is 270 g/mol. The van der Waals surface area contributed by atoms with Crippen LogP contribution in [0.3, 0.4) is 0 Å². The predicted molar refractivity (Wildman–Crippen MR) is 74.6 cm³/mol. The SMILES string of the molecule is c1cn(-c2ccc3c(c2)COC3)c(C2CCCCO2)n1. The third kappa shape index (κ3) is 2.05. The minimum atomic E-state index is 0.128. The summed E-state index contributed by atoms with van der Waals surface area (Å²) >= 11 is 0. The van der Waals surface area contributed by atoms with Crippen LogP contribution in [0.2, 0.25) is 0 Å². The van der Waals surface area contributed by atoms with Gasteiger partial charge in [0.05, 0.1) is 13.2 Å². The number of ether oxygens (including phenoxy) is 2. The third-order valence-corrected chi connectivity index (χ3v) is 4.12. The topological polar surface area (TPSA) is 36.3 Å². The Morgan fingerprint density at radius 2 is 2.10 bits per heavy atom. The molecule has 104 valence electrons. The predicted octanol–water partition coefficient (Wildman–Crippen LogP) is 3.14. The molecular weight excluding hydrogens is 252 g/mol. The fourth-order valence-corrected chi connectivity index (χ4v) is 3.02. The number of benzene rings is 1. The number of hydrogen-bond donors (Lipinski definition) is 0. The van der Waals surface area contributed by atoms with Crippen molar-refractivity contribution < 1.29 is 9.47 Å². The number of rotatable bonds is 2. The Bertz CT molecular complexity index is 615. The molecule has 2 aliphatic rings. The maximum atomic E-state index is 5.87. The molecule has 0 N–H and O–H groups in total. The molecule has 4 heteroatoms. The summed E-state index contributed by atoms with van der Waals surface area (Å²) in [5, 5.41) is 0. The molecule has 2 aromatic rings. The van der Waals surface area contributed by atoms with E-state index in [4.69, 9.17) is 9.47 Å². The molecule has 2 aliphatic heterocycles. The maximum Gasteiger partial charge on any atom is 0.142 e. The lowest BCUT2D eigenvalue weighted by Crippen LogP contribution is -2.16. The fourth-order valence-electron chi connectivity index (χ4n) is 3.02. The van der Waals surface area contributed by atoms with Crippen LogP contribution in [0.1, 0.15) is 42.3 Å². The molecule has 0 saturated carbocycles. The first-order valence-corrected chi connectivity index (χ1v) is 7.26. The zero-order valence-corrected chi connectivity index (χ0v) is 11.4. The van der Waals surface area contributed by atoms with Crippen LogP contribution in [0.25, 0.3) is 5.69 Å². The summed E-state index contributed by atoms with van der Waals surface area (Å²) in [7, 11) is 0. The molecule has 4 rings (SSSR count). The second-order valence-electron chi connectivity index (χ2n) is 5.46. The van der Waals surface area contributed by atoms with Gasteiger partial charge in [-0.05, 0) is 42.5 Å². The van der Waals surface area contributed by atoms with E-state index in [9.17, 15) is 0 Å². The maximum absolute atomic E-state index is 5.87. The van der Waals surface area contributed by atoms with E-state index in [2.05, 4.69) is 27.8 Å². The molecule has 0 aliphatic carbocycles. The average molecular weight is 270 g/mol. The number of imidazole rings is 1. The lowest BCUT2D eigenvalue weighted by Gasteiger charge is -2.23. The number of fused-ring (bicyclic) bond motifs is 1. The van der Waals surface area contributed by atoms with Crippen molar-refractivity contribution >= 4 is 0 Å². The van der Waals surface area contributed by atoms with Crippen LogP contribution < -0.4 is 0 Å². The van der Waals surface area contributed by atoms with Crippen LogP contribution in [0.5, 0.6) is 0 Å². The van der Waals surface area contributed by atoms with Crippen molar-refractivity contribution in [3.63, 3.8) is 0 Å². The molecule has 4 nitrogen and oxygen atoms in total. The van der Waals surface area contributed by atoms with Crippen molar-refractivity contribution in [1.82, 2.24) is 9.55 Å². The second-order valence-corrected chi connectivity index (χ2v) is 5.46. The van der Waals surface area contributed by atoms with E-state index in [1.165, 1.54) is 17.5 Å². The highest BCUT2D eigenvalue weighted by molar-refractivity contribution is 5.42.